The summed E-state index contributed by atoms with van der Waals surface area (Å²) in [5, 5.41) is 3.24. The average Bonchev–Trinajstić information content (AvgIpc) is 2.75. The van der Waals surface area contributed by atoms with Gasteiger partial charge in [-0.2, -0.15) is 0 Å². The molecule has 122 valence electrons. The third-order valence-corrected chi connectivity index (χ3v) is 4.51. The first-order valence-corrected chi connectivity index (χ1v) is 7.91. The van der Waals surface area contributed by atoms with Gasteiger partial charge in [0, 0.05) is 0 Å². The Morgan fingerprint density at radius 2 is 1.46 bits per heavy atom. The van der Waals surface area contributed by atoms with Gasteiger partial charge in [-0.25, -0.2) is 0 Å². The molecule has 0 saturated carbocycles. The van der Waals surface area contributed by atoms with Crippen molar-refractivity contribution in [1.82, 2.24) is 4.90 Å². The van der Waals surface area contributed by atoms with Gasteiger partial charge in [-0.05, 0) is 24.3 Å². The van der Waals surface area contributed by atoms with Crippen LogP contribution in [0.3, 0.4) is 0 Å². The van der Waals surface area contributed by atoms with E-state index in [1.165, 1.54) is 12.1 Å². The normalized spacial score (nSPS) is 13.2. The number of benzene rings is 2. The van der Waals surface area contributed by atoms with Crippen molar-refractivity contribution in [3.8, 4) is 0 Å². The number of carbonyl (C=O) groups excluding carboxylic acids is 3. The molecule has 3 rings (SSSR count). The van der Waals surface area contributed by atoms with Crippen LogP contribution in [0, 0.1) is 0 Å². The SMILES string of the molecule is O=C(CN1C(=O)c2cc(Cl)c(Cl)cc2C1=O)Nc1ccccc1Cl. The quantitative estimate of drug-likeness (QED) is 0.818. The maximum atomic E-state index is 12.3. The van der Waals surface area contributed by atoms with Crippen LogP contribution in [0.2, 0.25) is 15.1 Å². The molecule has 8 heteroatoms. The number of hydrogen-bond donors (Lipinski definition) is 1. The average molecular weight is 384 g/mol. The molecule has 0 atom stereocenters. The molecule has 1 heterocycles. The van der Waals surface area contributed by atoms with Gasteiger partial charge in [0.05, 0.1) is 31.9 Å². The maximum Gasteiger partial charge on any atom is 0.262 e. The fraction of sp³-hybridized carbons (Fsp3) is 0.0625. The van der Waals surface area contributed by atoms with E-state index in [0.29, 0.717) is 10.7 Å². The van der Waals surface area contributed by atoms with Crippen LogP contribution in [0.25, 0.3) is 0 Å². The number of imide groups is 1. The number of fused-ring (bicyclic) bond motifs is 1. The van der Waals surface area contributed by atoms with E-state index < -0.39 is 24.3 Å². The van der Waals surface area contributed by atoms with Gasteiger partial charge in [-0.3, -0.25) is 19.3 Å². The number of anilines is 1. The minimum absolute atomic E-state index is 0.125. The highest BCUT2D eigenvalue weighted by Gasteiger charge is 2.37. The Morgan fingerprint density at radius 1 is 0.917 bits per heavy atom. The summed E-state index contributed by atoms with van der Waals surface area (Å²) in [6.07, 6.45) is 0. The molecule has 0 saturated heterocycles. The van der Waals surface area contributed by atoms with Crippen LogP contribution in [-0.4, -0.2) is 29.2 Å². The number of nitrogens with one attached hydrogen (secondary N) is 1. The molecule has 3 amide bonds. The predicted octanol–water partition coefficient (Wildman–Crippen LogP) is 3.88. The molecule has 2 aromatic carbocycles. The summed E-state index contributed by atoms with van der Waals surface area (Å²) in [5.74, 6) is -1.74. The molecular formula is C16H9Cl3N2O3. The Hall–Kier alpha value is -2.08. The Bertz CT molecular complexity index is 842. The fourth-order valence-electron chi connectivity index (χ4n) is 2.32. The third kappa shape index (κ3) is 2.98. The number of amides is 3. The number of halogens is 3. The lowest BCUT2D eigenvalue weighted by atomic mass is 10.1. The first kappa shape index (κ1) is 16.8. The molecule has 1 N–H and O–H groups in total. The number of hydrogen-bond acceptors (Lipinski definition) is 3. The number of carbonyl (C=O) groups is 3. The van der Waals surface area contributed by atoms with E-state index in [4.69, 9.17) is 34.8 Å². The molecule has 0 aromatic heterocycles. The van der Waals surface area contributed by atoms with Crippen LogP contribution < -0.4 is 5.32 Å². The second kappa shape index (κ2) is 6.43. The number of para-hydroxylation sites is 1. The lowest BCUT2D eigenvalue weighted by Crippen LogP contribution is -2.37. The number of rotatable bonds is 3. The van der Waals surface area contributed by atoms with Gasteiger partial charge in [0.25, 0.3) is 11.8 Å². The van der Waals surface area contributed by atoms with Gasteiger partial charge in [-0.15, -0.1) is 0 Å². The largest absolute Gasteiger partial charge is 0.323 e. The second-order valence-corrected chi connectivity index (χ2v) is 6.26. The number of nitrogens with zero attached hydrogens (tertiary/aromatic N) is 1. The third-order valence-electron chi connectivity index (χ3n) is 3.46. The minimum Gasteiger partial charge on any atom is -0.323 e. The smallest absolute Gasteiger partial charge is 0.262 e. The van der Waals surface area contributed by atoms with Gasteiger partial charge in [-0.1, -0.05) is 46.9 Å². The Morgan fingerprint density at radius 3 is 2.00 bits per heavy atom. The van der Waals surface area contributed by atoms with Crippen LogP contribution >= 0.6 is 34.8 Å². The van der Waals surface area contributed by atoms with Crippen molar-refractivity contribution in [1.29, 1.82) is 0 Å². The summed E-state index contributed by atoms with van der Waals surface area (Å²) in [4.78, 5) is 37.6. The van der Waals surface area contributed by atoms with Crippen LogP contribution in [0.1, 0.15) is 20.7 Å². The van der Waals surface area contributed by atoms with Crippen molar-refractivity contribution in [3.63, 3.8) is 0 Å². The standard InChI is InChI=1S/C16H9Cl3N2O3/c17-10-3-1-2-4-13(10)20-14(22)7-21-15(23)8-5-11(18)12(19)6-9(8)16(21)24/h1-6H,7H2,(H,20,22). The zero-order chi connectivity index (χ0) is 17.4. The molecule has 0 aliphatic carbocycles. The summed E-state index contributed by atoms with van der Waals surface area (Å²) >= 11 is 17.7. The fourth-order valence-corrected chi connectivity index (χ4v) is 2.83. The van der Waals surface area contributed by atoms with Crippen molar-refractivity contribution in [2.45, 2.75) is 0 Å². The van der Waals surface area contributed by atoms with Crippen molar-refractivity contribution in [3.05, 3.63) is 62.6 Å². The van der Waals surface area contributed by atoms with Gasteiger partial charge < -0.3 is 5.32 Å². The summed E-state index contributed by atoms with van der Waals surface area (Å²) < 4.78 is 0. The maximum absolute atomic E-state index is 12.3. The molecule has 24 heavy (non-hydrogen) atoms. The van der Waals surface area contributed by atoms with Crippen LogP contribution in [0.15, 0.2) is 36.4 Å². The topological polar surface area (TPSA) is 66.5 Å². The molecule has 0 spiro atoms. The van der Waals surface area contributed by atoms with Gasteiger partial charge in [0.1, 0.15) is 6.54 Å². The van der Waals surface area contributed by atoms with Crippen LogP contribution in [-0.2, 0) is 4.79 Å². The monoisotopic (exact) mass is 382 g/mol. The van der Waals surface area contributed by atoms with Crippen molar-refractivity contribution in [2.75, 3.05) is 11.9 Å². The molecule has 0 bridgehead atoms. The van der Waals surface area contributed by atoms with Crippen LogP contribution in [0.5, 0.6) is 0 Å². The first-order chi connectivity index (χ1) is 11.4. The van der Waals surface area contributed by atoms with Crippen molar-refractivity contribution < 1.29 is 14.4 Å². The molecule has 1 aliphatic rings. The Balaban J connectivity index is 1.79. The minimum atomic E-state index is -0.595. The van der Waals surface area contributed by atoms with E-state index in [1.807, 2.05) is 0 Å². The second-order valence-electron chi connectivity index (χ2n) is 5.04. The lowest BCUT2D eigenvalue weighted by molar-refractivity contribution is -0.116. The highest BCUT2D eigenvalue weighted by molar-refractivity contribution is 6.43. The Kier molecular flexibility index (Phi) is 4.49. The van der Waals surface area contributed by atoms with E-state index in [1.54, 1.807) is 24.3 Å². The highest BCUT2D eigenvalue weighted by Crippen LogP contribution is 2.31. The van der Waals surface area contributed by atoms with Gasteiger partial charge in [0.2, 0.25) is 5.91 Å². The molecular weight excluding hydrogens is 375 g/mol. The molecule has 0 fully saturated rings. The summed E-state index contributed by atoms with van der Waals surface area (Å²) in [7, 11) is 0. The zero-order valence-electron chi connectivity index (χ0n) is 12.0. The molecule has 5 nitrogen and oxygen atoms in total. The van der Waals surface area contributed by atoms with E-state index in [2.05, 4.69) is 5.32 Å². The lowest BCUT2D eigenvalue weighted by Gasteiger charge is -2.14. The van der Waals surface area contributed by atoms with Gasteiger partial charge in [0.15, 0.2) is 0 Å². The highest BCUT2D eigenvalue weighted by atomic mass is 35.5. The molecule has 2 aromatic rings. The summed E-state index contributed by atoms with van der Waals surface area (Å²) in [6.45, 7) is -0.438. The Labute approximate surface area is 152 Å². The van der Waals surface area contributed by atoms with Crippen molar-refractivity contribution >= 4 is 58.2 Å². The zero-order valence-corrected chi connectivity index (χ0v) is 14.2. The van der Waals surface area contributed by atoms with Gasteiger partial charge >= 0.3 is 0 Å². The van der Waals surface area contributed by atoms with E-state index in [0.717, 1.165) is 4.90 Å². The summed E-state index contributed by atoms with van der Waals surface area (Å²) in [5.41, 5.74) is 0.645. The summed E-state index contributed by atoms with van der Waals surface area (Å²) in [6, 6.07) is 9.30. The van der Waals surface area contributed by atoms with E-state index in [-0.39, 0.29) is 21.2 Å². The van der Waals surface area contributed by atoms with E-state index >= 15 is 0 Å². The molecule has 1 aliphatic heterocycles. The first-order valence-electron chi connectivity index (χ1n) is 6.78. The molecule has 0 radical (unpaired) electrons. The van der Waals surface area contributed by atoms with E-state index in [9.17, 15) is 14.4 Å². The predicted molar refractivity (Wildman–Crippen MR) is 91.9 cm³/mol. The molecule has 0 unspecified atom stereocenters. The van der Waals surface area contributed by atoms with Crippen LogP contribution in [0.4, 0.5) is 5.69 Å². The van der Waals surface area contributed by atoms with Crippen molar-refractivity contribution in [2.24, 2.45) is 0 Å².